The van der Waals surface area contributed by atoms with Crippen molar-refractivity contribution in [3.63, 3.8) is 0 Å². The molecule has 1 unspecified atom stereocenters. The van der Waals surface area contributed by atoms with Crippen LogP contribution >= 0.6 is 0 Å². The summed E-state index contributed by atoms with van der Waals surface area (Å²) in [6.07, 6.45) is 8.32. The molecule has 1 atom stereocenters. The fourth-order valence-corrected chi connectivity index (χ4v) is 6.30. The largest absolute Gasteiger partial charge is 0.417 e. The molecule has 15 heavy (non-hydrogen) atoms. The quantitative estimate of drug-likeness (QED) is 0.626. The second-order valence-electron chi connectivity index (χ2n) is 5.22. The zero-order valence-electron chi connectivity index (χ0n) is 10.9. The van der Waals surface area contributed by atoms with Gasteiger partial charge in [-0.05, 0) is 44.3 Å². The maximum absolute atomic E-state index is 6.05. The molecule has 0 aliphatic heterocycles. The van der Waals surface area contributed by atoms with Crippen LogP contribution in [-0.2, 0) is 4.43 Å². The van der Waals surface area contributed by atoms with Crippen molar-refractivity contribution in [1.29, 1.82) is 0 Å². The summed E-state index contributed by atoms with van der Waals surface area (Å²) in [5.41, 5.74) is 0.803. The lowest BCUT2D eigenvalue weighted by molar-refractivity contribution is 0.313. The molecule has 0 saturated heterocycles. The minimum absolute atomic E-state index is 0.803. The van der Waals surface area contributed by atoms with Crippen molar-refractivity contribution < 1.29 is 4.43 Å². The van der Waals surface area contributed by atoms with Gasteiger partial charge in [-0.1, -0.05) is 32.6 Å². The normalized spacial score (nSPS) is 21.6. The van der Waals surface area contributed by atoms with E-state index in [0.29, 0.717) is 0 Å². The molecule has 1 radical (unpaired) electrons. The van der Waals surface area contributed by atoms with Gasteiger partial charge in [-0.15, -0.1) is 0 Å². The van der Waals surface area contributed by atoms with Crippen LogP contribution < -0.4 is 0 Å². The predicted molar refractivity (Wildman–Crippen MR) is 69.5 cm³/mol. The summed E-state index contributed by atoms with van der Waals surface area (Å²) < 4.78 is 6.05. The van der Waals surface area contributed by atoms with Crippen LogP contribution in [0.1, 0.15) is 52.4 Å². The van der Waals surface area contributed by atoms with Crippen molar-refractivity contribution in [2.75, 3.05) is 6.61 Å². The van der Waals surface area contributed by atoms with Crippen molar-refractivity contribution in [2.24, 2.45) is 0 Å². The lowest BCUT2D eigenvalue weighted by Crippen LogP contribution is -2.39. The average Bonchev–Trinajstić information content (AvgIpc) is 2.19. The molecule has 0 heterocycles. The topological polar surface area (TPSA) is 9.23 Å². The van der Waals surface area contributed by atoms with Gasteiger partial charge >= 0.3 is 0 Å². The standard InChI is InChI=1S/C13H27OSi/c1-5-13(15(3,4)14-6-2)12-10-8-7-9-11-12/h13H,5-11H2,1-4H3. The van der Waals surface area contributed by atoms with E-state index in [0.717, 1.165) is 12.1 Å². The summed E-state index contributed by atoms with van der Waals surface area (Å²) in [5.74, 6) is 1.83. The SMILES string of the molecule is CCO[Si](C)(C)C(CC)[C]1CCCCC1. The Morgan fingerprint density at radius 1 is 1.13 bits per heavy atom. The van der Waals surface area contributed by atoms with E-state index in [1.54, 1.807) is 0 Å². The molecule has 0 bridgehead atoms. The molecule has 1 fully saturated rings. The molecular formula is C13H27OSi. The van der Waals surface area contributed by atoms with Crippen molar-refractivity contribution in [1.82, 2.24) is 0 Å². The van der Waals surface area contributed by atoms with Gasteiger partial charge in [0.1, 0.15) is 0 Å². The summed E-state index contributed by atoms with van der Waals surface area (Å²) in [4.78, 5) is 0. The summed E-state index contributed by atoms with van der Waals surface area (Å²) in [6.45, 7) is 10.1. The van der Waals surface area contributed by atoms with E-state index >= 15 is 0 Å². The number of rotatable bonds is 5. The molecular weight excluding hydrogens is 200 g/mol. The molecule has 0 aromatic rings. The lowest BCUT2D eigenvalue weighted by Gasteiger charge is -2.38. The van der Waals surface area contributed by atoms with Gasteiger partial charge in [-0.25, -0.2) is 0 Å². The Balaban J connectivity index is 2.59. The molecule has 1 nitrogen and oxygen atoms in total. The lowest BCUT2D eigenvalue weighted by atomic mass is 9.86. The Morgan fingerprint density at radius 3 is 2.20 bits per heavy atom. The van der Waals surface area contributed by atoms with E-state index in [9.17, 15) is 0 Å². The molecule has 0 aromatic carbocycles. The zero-order chi connectivity index (χ0) is 11.3. The van der Waals surface area contributed by atoms with Crippen LogP contribution in [0.25, 0.3) is 0 Å². The summed E-state index contributed by atoms with van der Waals surface area (Å²) in [7, 11) is -1.46. The summed E-state index contributed by atoms with van der Waals surface area (Å²) in [6, 6.07) is 0. The summed E-state index contributed by atoms with van der Waals surface area (Å²) >= 11 is 0. The van der Waals surface area contributed by atoms with E-state index in [1.165, 1.54) is 38.5 Å². The molecule has 0 spiro atoms. The maximum Gasteiger partial charge on any atom is 0.190 e. The molecule has 0 N–H and O–H groups in total. The second kappa shape index (κ2) is 6.05. The van der Waals surface area contributed by atoms with Gasteiger partial charge in [0, 0.05) is 6.61 Å². The van der Waals surface area contributed by atoms with E-state index in [-0.39, 0.29) is 0 Å². The van der Waals surface area contributed by atoms with Crippen LogP contribution in [0.3, 0.4) is 0 Å². The fourth-order valence-electron chi connectivity index (χ4n) is 3.10. The van der Waals surface area contributed by atoms with Crippen molar-refractivity contribution >= 4 is 8.32 Å². The highest BCUT2D eigenvalue weighted by atomic mass is 28.4. The highest BCUT2D eigenvalue weighted by molar-refractivity contribution is 6.73. The monoisotopic (exact) mass is 227 g/mol. The van der Waals surface area contributed by atoms with E-state index < -0.39 is 8.32 Å². The Hall–Kier alpha value is 0.177. The van der Waals surface area contributed by atoms with Gasteiger partial charge in [0.05, 0.1) is 0 Å². The molecule has 1 aliphatic rings. The van der Waals surface area contributed by atoms with E-state index in [4.69, 9.17) is 4.43 Å². The molecule has 0 aromatic heterocycles. The first-order chi connectivity index (χ1) is 7.11. The molecule has 1 rings (SSSR count). The van der Waals surface area contributed by atoms with Crippen LogP contribution in [0.2, 0.25) is 18.6 Å². The second-order valence-corrected chi connectivity index (χ2v) is 9.41. The van der Waals surface area contributed by atoms with Gasteiger partial charge in [-0.3, -0.25) is 0 Å². The average molecular weight is 227 g/mol. The molecule has 2 heteroatoms. The summed E-state index contributed by atoms with van der Waals surface area (Å²) in [5, 5.41) is 0. The molecule has 1 aliphatic carbocycles. The van der Waals surface area contributed by atoms with Gasteiger partial charge in [-0.2, -0.15) is 0 Å². The van der Waals surface area contributed by atoms with Crippen molar-refractivity contribution in [3.05, 3.63) is 5.92 Å². The third-order valence-corrected chi connectivity index (χ3v) is 7.28. The maximum atomic E-state index is 6.05. The molecule has 89 valence electrons. The minimum atomic E-state index is -1.46. The van der Waals surface area contributed by atoms with Gasteiger partial charge in [0.25, 0.3) is 0 Å². The first-order valence-corrected chi connectivity index (χ1v) is 9.59. The van der Waals surface area contributed by atoms with Crippen LogP contribution in [0.15, 0.2) is 0 Å². The van der Waals surface area contributed by atoms with Gasteiger partial charge in [0.15, 0.2) is 8.32 Å². The predicted octanol–water partition coefficient (Wildman–Crippen LogP) is 4.55. The van der Waals surface area contributed by atoms with Crippen LogP contribution in [0.4, 0.5) is 0 Å². The highest BCUT2D eigenvalue weighted by Gasteiger charge is 2.38. The third-order valence-electron chi connectivity index (χ3n) is 3.75. The Labute approximate surface area is 96.7 Å². The third kappa shape index (κ3) is 3.60. The van der Waals surface area contributed by atoms with Crippen molar-refractivity contribution in [2.45, 2.75) is 71.0 Å². The van der Waals surface area contributed by atoms with E-state index in [1.807, 2.05) is 5.92 Å². The molecule has 0 amide bonds. The molecule has 1 saturated carbocycles. The van der Waals surface area contributed by atoms with Crippen LogP contribution in [0, 0.1) is 5.92 Å². The number of hydrogen-bond donors (Lipinski definition) is 0. The van der Waals surface area contributed by atoms with Crippen LogP contribution in [0.5, 0.6) is 0 Å². The fraction of sp³-hybridized carbons (Fsp3) is 0.923. The van der Waals surface area contributed by atoms with Gasteiger partial charge < -0.3 is 4.43 Å². The Bertz CT molecular complexity index is 173. The Morgan fingerprint density at radius 2 is 1.73 bits per heavy atom. The highest BCUT2D eigenvalue weighted by Crippen LogP contribution is 2.43. The Kier molecular flexibility index (Phi) is 5.34. The first kappa shape index (κ1) is 13.2. The smallest absolute Gasteiger partial charge is 0.190 e. The number of hydrogen-bond acceptors (Lipinski definition) is 1. The van der Waals surface area contributed by atoms with Crippen molar-refractivity contribution in [3.8, 4) is 0 Å². The van der Waals surface area contributed by atoms with E-state index in [2.05, 4.69) is 26.9 Å². The minimum Gasteiger partial charge on any atom is -0.417 e. The zero-order valence-corrected chi connectivity index (χ0v) is 11.9. The van der Waals surface area contributed by atoms with Crippen LogP contribution in [-0.4, -0.2) is 14.9 Å². The first-order valence-electron chi connectivity index (χ1n) is 6.60. The van der Waals surface area contributed by atoms with Gasteiger partial charge in [0.2, 0.25) is 0 Å².